The SMILES string of the molecule is CCCCN(C)c1ccc(NC(=O)Cc2ccccc2Br)nc1. The zero-order valence-corrected chi connectivity index (χ0v) is 15.1. The monoisotopic (exact) mass is 375 g/mol. The van der Waals surface area contributed by atoms with Crippen LogP contribution in [0.5, 0.6) is 0 Å². The summed E-state index contributed by atoms with van der Waals surface area (Å²) in [5.41, 5.74) is 2.02. The van der Waals surface area contributed by atoms with Crippen molar-refractivity contribution in [2.75, 3.05) is 23.8 Å². The van der Waals surface area contributed by atoms with E-state index in [-0.39, 0.29) is 5.91 Å². The molecule has 0 radical (unpaired) electrons. The Balaban J connectivity index is 1.93. The number of nitrogens with one attached hydrogen (secondary N) is 1. The maximum Gasteiger partial charge on any atom is 0.229 e. The standard InChI is InChI=1S/C18H22BrN3O/c1-3-4-11-22(2)15-9-10-17(20-13-15)21-18(23)12-14-7-5-6-8-16(14)19/h5-10,13H,3-4,11-12H2,1-2H3,(H,20,21,23). The maximum atomic E-state index is 12.1. The number of halogens is 1. The molecule has 0 unspecified atom stereocenters. The predicted molar refractivity (Wildman–Crippen MR) is 98.9 cm³/mol. The first-order chi connectivity index (χ1) is 11.1. The lowest BCUT2D eigenvalue weighted by molar-refractivity contribution is -0.115. The van der Waals surface area contributed by atoms with E-state index in [0.717, 1.165) is 28.7 Å². The van der Waals surface area contributed by atoms with Crippen LogP contribution < -0.4 is 10.2 Å². The van der Waals surface area contributed by atoms with Crippen molar-refractivity contribution in [1.29, 1.82) is 0 Å². The van der Waals surface area contributed by atoms with E-state index in [2.05, 4.69) is 45.1 Å². The topological polar surface area (TPSA) is 45.2 Å². The molecule has 0 aliphatic rings. The second kappa shape index (κ2) is 8.67. The number of anilines is 2. The Morgan fingerprint density at radius 1 is 1.26 bits per heavy atom. The second-order valence-corrected chi connectivity index (χ2v) is 6.35. The molecule has 1 N–H and O–H groups in total. The van der Waals surface area contributed by atoms with E-state index in [0.29, 0.717) is 12.2 Å². The quantitative estimate of drug-likeness (QED) is 0.785. The van der Waals surface area contributed by atoms with Gasteiger partial charge in [-0.05, 0) is 30.2 Å². The Labute approximate surface area is 146 Å². The number of carbonyl (C=O) groups excluding carboxylic acids is 1. The fourth-order valence-corrected chi connectivity index (χ4v) is 2.64. The van der Waals surface area contributed by atoms with Gasteiger partial charge in [0.1, 0.15) is 5.82 Å². The van der Waals surface area contributed by atoms with Crippen LogP contribution in [0, 0.1) is 0 Å². The highest BCUT2D eigenvalue weighted by Gasteiger charge is 2.08. The van der Waals surface area contributed by atoms with Gasteiger partial charge >= 0.3 is 0 Å². The summed E-state index contributed by atoms with van der Waals surface area (Å²) in [5, 5.41) is 2.84. The van der Waals surface area contributed by atoms with Crippen LogP contribution in [0.2, 0.25) is 0 Å². The summed E-state index contributed by atoms with van der Waals surface area (Å²) in [6.45, 7) is 3.18. The highest BCUT2D eigenvalue weighted by atomic mass is 79.9. The largest absolute Gasteiger partial charge is 0.373 e. The third-order valence-electron chi connectivity index (χ3n) is 3.61. The summed E-state index contributed by atoms with van der Waals surface area (Å²) in [7, 11) is 2.05. The number of pyridine rings is 1. The first kappa shape index (κ1) is 17.5. The van der Waals surface area contributed by atoms with Crippen LogP contribution in [0.1, 0.15) is 25.3 Å². The fraction of sp³-hybridized carbons (Fsp3) is 0.333. The van der Waals surface area contributed by atoms with E-state index in [1.807, 2.05) is 36.4 Å². The number of nitrogens with zero attached hydrogens (tertiary/aromatic N) is 2. The van der Waals surface area contributed by atoms with Gasteiger partial charge in [0, 0.05) is 18.1 Å². The summed E-state index contributed by atoms with van der Waals surface area (Å²) in [4.78, 5) is 18.6. The van der Waals surface area contributed by atoms with Crippen LogP contribution in [0.4, 0.5) is 11.5 Å². The predicted octanol–water partition coefficient (Wildman–Crippen LogP) is 4.26. The molecule has 23 heavy (non-hydrogen) atoms. The molecule has 0 saturated carbocycles. The lowest BCUT2D eigenvalue weighted by atomic mass is 10.1. The molecule has 2 rings (SSSR count). The number of hydrogen-bond donors (Lipinski definition) is 1. The van der Waals surface area contributed by atoms with Crippen LogP contribution >= 0.6 is 15.9 Å². The maximum absolute atomic E-state index is 12.1. The van der Waals surface area contributed by atoms with Gasteiger partial charge in [0.2, 0.25) is 5.91 Å². The van der Waals surface area contributed by atoms with Gasteiger partial charge in [0.25, 0.3) is 0 Å². The highest BCUT2D eigenvalue weighted by molar-refractivity contribution is 9.10. The van der Waals surface area contributed by atoms with E-state index in [1.165, 1.54) is 6.42 Å². The molecule has 1 aromatic carbocycles. The molecule has 0 fully saturated rings. The van der Waals surface area contributed by atoms with E-state index in [9.17, 15) is 4.79 Å². The molecule has 0 bridgehead atoms. The van der Waals surface area contributed by atoms with Crippen molar-refractivity contribution in [2.24, 2.45) is 0 Å². The van der Waals surface area contributed by atoms with E-state index in [4.69, 9.17) is 0 Å². The Morgan fingerprint density at radius 3 is 2.70 bits per heavy atom. The summed E-state index contributed by atoms with van der Waals surface area (Å²) in [6.07, 6.45) is 4.44. The van der Waals surface area contributed by atoms with Crippen molar-refractivity contribution in [3.63, 3.8) is 0 Å². The smallest absolute Gasteiger partial charge is 0.229 e. The van der Waals surface area contributed by atoms with Gasteiger partial charge in [-0.15, -0.1) is 0 Å². The minimum absolute atomic E-state index is 0.0727. The fourth-order valence-electron chi connectivity index (χ4n) is 2.21. The van der Waals surface area contributed by atoms with E-state index < -0.39 is 0 Å². The molecule has 0 aliphatic heterocycles. The number of unbranched alkanes of at least 4 members (excludes halogenated alkanes) is 1. The number of carbonyl (C=O) groups is 1. The molecular weight excluding hydrogens is 354 g/mol. The van der Waals surface area contributed by atoms with Crippen molar-refractivity contribution in [3.8, 4) is 0 Å². The number of aromatic nitrogens is 1. The molecule has 1 aromatic heterocycles. The number of hydrogen-bond acceptors (Lipinski definition) is 3. The van der Waals surface area contributed by atoms with Gasteiger partial charge in [-0.25, -0.2) is 4.98 Å². The molecule has 0 saturated heterocycles. The van der Waals surface area contributed by atoms with Crippen LogP contribution in [0.3, 0.4) is 0 Å². The van der Waals surface area contributed by atoms with Crippen LogP contribution in [0.25, 0.3) is 0 Å². The molecule has 2 aromatic rings. The molecule has 4 nitrogen and oxygen atoms in total. The minimum atomic E-state index is -0.0727. The van der Waals surface area contributed by atoms with Crippen molar-refractivity contribution < 1.29 is 4.79 Å². The Morgan fingerprint density at radius 2 is 2.04 bits per heavy atom. The molecule has 122 valence electrons. The Bertz CT molecular complexity index is 643. The zero-order chi connectivity index (χ0) is 16.7. The molecule has 1 heterocycles. The normalized spacial score (nSPS) is 10.4. The average molecular weight is 376 g/mol. The van der Waals surface area contributed by atoms with Crippen molar-refractivity contribution in [2.45, 2.75) is 26.2 Å². The van der Waals surface area contributed by atoms with E-state index >= 15 is 0 Å². The third kappa shape index (κ3) is 5.36. The highest BCUT2D eigenvalue weighted by Crippen LogP contribution is 2.18. The zero-order valence-electron chi connectivity index (χ0n) is 13.6. The Hall–Kier alpha value is -1.88. The van der Waals surface area contributed by atoms with Crippen molar-refractivity contribution in [3.05, 3.63) is 52.6 Å². The van der Waals surface area contributed by atoms with Crippen LogP contribution in [-0.4, -0.2) is 24.5 Å². The first-order valence-corrected chi connectivity index (χ1v) is 8.60. The van der Waals surface area contributed by atoms with Gasteiger partial charge in [-0.2, -0.15) is 0 Å². The van der Waals surface area contributed by atoms with Gasteiger partial charge in [0.15, 0.2) is 0 Å². The van der Waals surface area contributed by atoms with Gasteiger partial charge in [-0.1, -0.05) is 47.5 Å². The lowest BCUT2D eigenvalue weighted by Gasteiger charge is -2.18. The lowest BCUT2D eigenvalue weighted by Crippen LogP contribution is -2.19. The number of rotatable bonds is 7. The summed E-state index contributed by atoms with van der Waals surface area (Å²) >= 11 is 3.46. The van der Waals surface area contributed by atoms with Crippen LogP contribution in [0.15, 0.2) is 47.1 Å². The summed E-state index contributed by atoms with van der Waals surface area (Å²) < 4.78 is 0.941. The molecule has 0 spiro atoms. The first-order valence-electron chi connectivity index (χ1n) is 7.80. The number of benzene rings is 1. The van der Waals surface area contributed by atoms with Crippen molar-refractivity contribution >= 4 is 33.3 Å². The average Bonchev–Trinajstić information content (AvgIpc) is 2.55. The van der Waals surface area contributed by atoms with Crippen LogP contribution in [-0.2, 0) is 11.2 Å². The third-order valence-corrected chi connectivity index (χ3v) is 4.39. The molecule has 1 amide bonds. The molecular formula is C18H22BrN3O. The second-order valence-electron chi connectivity index (χ2n) is 5.49. The molecule has 0 atom stereocenters. The van der Waals surface area contributed by atoms with E-state index in [1.54, 1.807) is 6.20 Å². The van der Waals surface area contributed by atoms with Gasteiger partial charge < -0.3 is 10.2 Å². The molecule has 0 aliphatic carbocycles. The summed E-state index contributed by atoms with van der Waals surface area (Å²) in [5.74, 6) is 0.506. The van der Waals surface area contributed by atoms with Crippen molar-refractivity contribution in [1.82, 2.24) is 4.98 Å². The molecule has 5 heteroatoms. The summed E-state index contributed by atoms with van der Waals surface area (Å²) in [6, 6.07) is 11.5. The van der Waals surface area contributed by atoms with Gasteiger partial charge in [0.05, 0.1) is 18.3 Å². The minimum Gasteiger partial charge on any atom is -0.373 e. The Kier molecular flexibility index (Phi) is 6.59. The number of amides is 1. The van der Waals surface area contributed by atoms with Gasteiger partial charge in [-0.3, -0.25) is 4.79 Å².